The monoisotopic (exact) mass is 354 g/mol. The fraction of sp³-hybridized carbons (Fsp3) is 0.857. The first-order valence-corrected chi connectivity index (χ1v) is 10.8. The Balaban J connectivity index is 2.17. The summed E-state index contributed by atoms with van der Waals surface area (Å²) in [5.41, 5.74) is 1.52. The summed E-state index contributed by atoms with van der Waals surface area (Å²) < 4.78 is 5.70. The Hall–Kier alpha value is -0.440. The molecule has 1 aliphatic rings. The molecule has 0 N–H and O–H groups in total. The quantitative estimate of drug-likeness (QED) is 0.244. The van der Waals surface area contributed by atoms with Gasteiger partial charge in [0.2, 0.25) is 0 Å². The van der Waals surface area contributed by atoms with Crippen LogP contribution in [0.15, 0.2) is 11.6 Å². The number of thioether (sulfide) groups is 1. The molecule has 0 bridgehead atoms. The van der Waals surface area contributed by atoms with Crippen LogP contribution < -0.4 is 0 Å². The lowest BCUT2D eigenvalue weighted by Gasteiger charge is -2.39. The number of hydrogen-bond donors (Lipinski definition) is 0. The van der Waals surface area contributed by atoms with Gasteiger partial charge in [-0.3, -0.25) is 4.79 Å². The highest BCUT2D eigenvalue weighted by Gasteiger charge is 2.35. The number of hydrogen-bond acceptors (Lipinski definition) is 3. The van der Waals surface area contributed by atoms with Gasteiger partial charge in [-0.2, -0.15) is 11.8 Å². The topological polar surface area (TPSA) is 26.3 Å². The van der Waals surface area contributed by atoms with Crippen molar-refractivity contribution in [3.05, 3.63) is 11.6 Å². The van der Waals surface area contributed by atoms with Crippen molar-refractivity contribution in [3.63, 3.8) is 0 Å². The van der Waals surface area contributed by atoms with Crippen LogP contribution in [0.3, 0.4) is 0 Å². The molecular weight excluding hydrogens is 316 g/mol. The van der Waals surface area contributed by atoms with E-state index in [9.17, 15) is 4.79 Å². The molecule has 2 nitrogen and oxygen atoms in total. The molecule has 0 aromatic carbocycles. The molecule has 3 heteroatoms. The van der Waals surface area contributed by atoms with Gasteiger partial charge in [0, 0.05) is 10.5 Å². The lowest BCUT2D eigenvalue weighted by molar-refractivity contribution is -0.143. The van der Waals surface area contributed by atoms with Crippen molar-refractivity contribution in [2.45, 2.75) is 90.7 Å². The second-order valence-electron chi connectivity index (χ2n) is 8.04. The molecule has 0 amide bonds. The first-order chi connectivity index (χ1) is 11.4. The summed E-state index contributed by atoms with van der Waals surface area (Å²) in [6.07, 6.45) is 11.2. The summed E-state index contributed by atoms with van der Waals surface area (Å²) >= 11 is 1.99. The van der Waals surface area contributed by atoms with Gasteiger partial charge in [0.25, 0.3) is 0 Å². The van der Waals surface area contributed by atoms with Gasteiger partial charge < -0.3 is 4.74 Å². The van der Waals surface area contributed by atoms with Crippen LogP contribution in [0.4, 0.5) is 0 Å². The first kappa shape index (κ1) is 21.6. The summed E-state index contributed by atoms with van der Waals surface area (Å²) in [7, 11) is 0. The van der Waals surface area contributed by atoms with Crippen LogP contribution in [0.1, 0.15) is 86.0 Å². The van der Waals surface area contributed by atoms with Crippen molar-refractivity contribution < 1.29 is 9.53 Å². The minimum absolute atomic E-state index is 0.0206. The van der Waals surface area contributed by atoms with Crippen LogP contribution in [-0.2, 0) is 9.53 Å². The van der Waals surface area contributed by atoms with Crippen LogP contribution in [0.25, 0.3) is 0 Å². The second-order valence-corrected chi connectivity index (χ2v) is 9.55. The van der Waals surface area contributed by atoms with Gasteiger partial charge in [-0.25, -0.2) is 0 Å². The van der Waals surface area contributed by atoms with Crippen molar-refractivity contribution in [3.8, 4) is 0 Å². The average Bonchev–Trinajstić information content (AvgIpc) is 2.52. The largest absolute Gasteiger partial charge is 0.466 e. The van der Waals surface area contributed by atoms with Crippen LogP contribution in [0, 0.1) is 11.8 Å². The van der Waals surface area contributed by atoms with Crippen molar-refractivity contribution in [1.82, 2.24) is 0 Å². The predicted molar refractivity (Wildman–Crippen MR) is 107 cm³/mol. The van der Waals surface area contributed by atoms with E-state index >= 15 is 0 Å². The van der Waals surface area contributed by atoms with Crippen molar-refractivity contribution in [2.24, 2.45) is 11.8 Å². The lowest BCUT2D eigenvalue weighted by Crippen LogP contribution is -2.33. The number of ether oxygens (including phenoxy) is 1. The summed E-state index contributed by atoms with van der Waals surface area (Å²) in [5, 5.41) is 0. The number of rotatable bonds is 11. The van der Waals surface area contributed by atoms with Crippen LogP contribution in [0.2, 0.25) is 0 Å². The Labute approximate surface area is 154 Å². The number of allylic oxidation sites excluding steroid dienone is 2. The van der Waals surface area contributed by atoms with Gasteiger partial charge in [0.15, 0.2) is 0 Å². The van der Waals surface area contributed by atoms with Crippen LogP contribution in [0.5, 0.6) is 0 Å². The van der Waals surface area contributed by atoms with E-state index in [2.05, 4.69) is 40.7 Å². The zero-order chi connectivity index (χ0) is 18.0. The first-order valence-electron chi connectivity index (χ1n) is 9.81. The van der Waals surface area contributed by atoms with Gasteiger partial charge >= 0.3 is 5.97 Å². The van der Waals surface area contributed by atoms with Crippen molar-refractivity contribution in [1.29, 1.82) is 0 Å². The SMILES string of the molecule is CC1=CCC(SCCC(=O)OCCCCCC(C)C)(C(C)C)CC1. The third-order valence-corrected chi connectivity index (χ3v) is 7.00. The fourth-order valence-electron chi connectivity index (χ4n) is 3.21. The third-order valence-electron chi connectivity index (χ3n) is 5.18. The zero-order valence-corrected chi connectivity index (χ0v) is 17.3. The van der Waals surface area contributed by atoms with Crippen LogP contribution in [-0.4, -0.2) is 23.1 Å². The maximum atomic E-state index is 11.9. The molecule has 0 aromatic rings. The molecule has 140 valence electrons. The normalized spacial score (nSPS) is 21.2. The lowest BCUT2D eigenvalue weighted by atomic mass is 9.82. The van der Waals surface area contributed by atoms with E-state index in [1.165, 1.54) is 37.7 Å². The summed E-state index contributed by atoms with van der Waals surface area (Å²) in [5.74, 6) is 2.28. The van der Waals surface area contributed by atoms with E-state index in [0.29, 0.717) is 23.7 Å². The highest BCUT2D eigenvalue weighted by atomic mass is 32.2. The minimum Gasteiger partial charge on any atom is -0.466 e. The van der Waals surface area contributed by atoms with Gasteiger partial charge in [-0.15, -0.1) is 0 Å². The molecule has 1 atom stereocenters. The molecule has 24 heavy (non-hydrogen) atoms. The summed E-state index contributed by atoms with van der Waals surface area (Å²) in [6, 6.07) is 0. The molecule has 0 saturated heterocycles. The molecule has 0 spiro atoms. The number of esters is 1. The molecule has 0 aromatic heterocycles. The van der Waals surface area contributed by atoms with Gasteiger partial charge in [-0.1, -0.05) is 58.6 Å². The van der Waals surface area contributed by atoms with Crippen molar-refractivity contribution >= 4 is 17.7 Å². The highest BCUT2D eigenvalue weighted by Crippen LogP contribution is 2.44. The summed E-state index contributed by atoms with van der Waals surface area (Å²) in [6.45, 7) is 12.0. The predicted octanol–water partition coefficient (Wildman–Crippen LogP) is 6.39. The van der Waals surface area contributed by atoms with E-state index in [1.807, 2.05) is 11.8 Å². The Kier molecular flexibility index (Phi) is 10.1. The van der Waals surface area contributed by atoms with E-state index in [0.717, 1.165) is 24.5 Å². The molecule has 0 radical (unpaired) electrons. The Morgan fingerprint density at radius 2 is 2.00 bits per heavy atom. The molecule has 1 aliphatic carbocycles. The Morgan fingerprint density at radius 3 is 2.58 bits per heavy atom. The van der Waals surface area contributed by atoms with Gasteiger partial charge in [0.1, 0.15) is 0 Å². The number of carbonyl (C=O) groups is 1. The van der Waals surface area contributed by atoms with E-state index < -0.39 is 0 Å². The maximum absolute atomic E-state index is 11.9. The third kappa shape index (κ3) is 8.09. The second kappa shape index (κ2) is 11.2. The standard InChI is InChI=1S/C21H38O2S/c1-17(2)9-7-6-8-15-23-20(22)12-16-24-21(18(3)4)13-10-19(5)11-14-21/h10,17-18H,6-9,11-16H2,1-5H3. The average molecular weight is 355 g/mol. The number of carbonyl (C=O) groups excluding carboxylic acids is 1. The van der Waals surface area contributed by atoms with Gasteiger partial charge in [-0.05, 0) is 44.4 Å². The van der Waals surface area contributed by atoms with Gasteiger partial charge in [0.05, 0.1) is 13.0 Å². The highest BCUT2D eigenvalue weighted by molar-refractivity contribution is 8.00. The summed E-state index contributed by atoms with van der Waals surface area (Å²) in [4.78, 5) is 11.9. The van der Waals surface area contributed by atoms with E-state index in [-0.39, 0.29) is 5.97 Å². The fourth-order valence-corrected chi connectivity index (χ4v) is 4.67. The molecule has 1 rings (SSSR count). The molecule has 1 unspecified atom stereocenters. The van der Waals surface area contributed by atoms with E-state index in [1.54, 1.807) is 0 Å². The molecule has 0 heterocycles. The van der Waals surface area contributed by atoms with E-state index in [4.69, 9.17) is 4.74 Å². The smallest absolute Gasteiger partial charge is 0.306 e. The Bertz CT molecular complexity index is 401. The molecule has 0 saturated carbocycles. The zero-order valence-electron chi connectivity index (χ0n) is 16.5. The van der Waals surface area contributed by atoms with Crippen LogP contribution >= 0.6 is 11.8 Å². The van der Waals surface area contributed by atoms with Crippen molar-refractivity contribution in [2.75, 3.05) is 12.4 Å². The molecule has 0 aliphatic heterocycles. The Morgan fingerprint density at radius 1 is 1.25 bits per heavy atom. The molecular formula is C21H38O2S. The maximum Gasteiger partial charge on any atom is 0.306 e. The minimum atomic E-state index is -0.0206. The number of unbranched alkanes of at least 4 members (excludes halogenated alkanes) is 2. The molecule has 0 fully saturated rings.